The molecule has 1 aromatic rings. The lowest BCUT2D eigenvalue weighted by Gasteiger charge is -2.39. The molecule has 0 atom stereocenters. The zero-order valence-corrected chi connectivity index (χ0v) is 10.6. The van der Waals surface area contributed by atoms with E-state index in [0.717, 1.165) is 37.1 Å². The maximum Gasteiger partial charge on any atom is 0.228 e. The van der Waals surface area contributed by atoms with Crippen LogP contribution in [-0.2, 0) is 10.2 Å². The first-order chi connectivity index (χ1) is 8.06. The molecule has 17 heavy (non-hydrogen) atoms. The van der Waals surface area contributed by atoms with E-state index in [1.807, 2.05) is 18.2 Å². The van der Waals surface area contributed by atoms with Gasteiger partial charge in [-0.2, -0.15) is 0 Å². The highest BCUT2D eigenvalue weighted by atomic mass is 16.1. The fourth-order valence-corrected chi connectivity index (χ4v) is 2.76. The molecule has 0 bridgehead atoms. The van der Waals surface area contributed by atoms with Crippen molar-refractivity contribution >= 4 is 5.91 Å². The van der Waals surface area contributed by atoms with Crippen LogP contribution in [-0.4, -0.2) is 30.9 Å². The van der Waals surface area contributed by atoms with E-state index in [4.69, 9.17) is 5.73 Å². The maximum atomic E-state index is 11.9. The summed E-state index contributed by atoms with van der Waals surface area (Å²) in [5, 5.41) is 0. The van der Waals surface area contributed by atoms with Crippen molar-refractivity contribution in [3.05, 3.63) is 35.4 Å². The molecule has 3 heteroatoms. The highest BCUT2D eigenvalue weighted by molar-refractivity contribution is 5.87. The Labute approximate surface area is 103 Å². The van der Waals surface area contributed by atoms with E-state index >= 15 is 0 Å². The lowest BCUT2D eigenvalue weighted by molar-refractivity contribution is -0.125. The van der Waals surface area contributed by atoms with Gasteiger partial charge in [-0.05, 0) is 51.0 Å². The van der Waals surface area contributed by atoms with E-state index in [9.17, 15) is 4.79 Å². The van der Waals surface area contributed by atoms with E-state index < -0.39 is 5.41 Å². The van der Waals surface area contributed by atoms with Crippen LogP contribution in [0.15, 0.2) is 24.3 Å². The lowest BCUT2D eigenvalue weighted by atomic mass is 9.71. The highest BCUT2D eigenvalue weighted by Crippen LogP contribution is 2.36. The minimum Gasteiger partial charge on any atom is -0.369 e. The number of nitrogens with two attached hydrogens (primary N) is 1. The predicted molar refractivity (Wildman–Crippen MR) is 68.8 cm³/mol. The Morgan fingerprint density at radius 2 is 1.88 bits per heavy atom. The van der Waals surface area contributed by atoms with Crippen molar-refractivity contribution in [3.63, 3.8) is 0 Å². The number of hydrogen-bond donors (Lipinski definition) is 1. The summed E-state index contributed by atoms with van der Waals surface area (Å²) in [5.41, 5.74) is 7.51. The molecule has 0 aromatic heterocycles. The summed E-state index contributed by atoms with van der Waals surface area (Å²) in [7, 11) is 2.09. The van der Waals surface area contributed by atoms with Crippen molar-refractivity contribution in [2.24, 2.45) is 5.73 Å². The third kappa shape index (κ3) is 2.07. The molecule has 1 heterocycles. The standard InChI is InChI=1S/C14H20N2O/c1-11-5-3-4-6-12(11)14(13(15)17)7-9-16(2)10-8-14/h3-6H,7-10H2,1-2H3,(H2,15,17). The first-order valence-corrected chi connectivity index (χ1v) is 6.11. The molecule has 1 amide bonds. The van der Waals surface area contributed by atoms with Gasteiger partial charge in [0.2, 0.25) is 5.91 Å². The number of hydrogen-bond acceptors (Lipinski definition) is 2. The van der Waals surface area contributed by atoms with E-state index in [0.29, 0.717) is 0 Å². The average Bonchev–Trinajstić information content (AvgIpc) is 2.31. The van der Waals surface area contributed by atoms with Crippen LogP contribution in [0.3, 0.4) is 0 Å². The van der Waals surface area contributed by atoms with Crippen molar-refractivity contribution in [2.75, 3.05) is 20.1 Å². The third-order valence-corrected chi connectivity index (χ3v) is 3.97. The first-order valence-electron chi connectivity index (χ1n) is 6.11. The van der Waals surface area contributed by atoms with Gasteiger partial charge in [-0.1, -0.05) is 24.3 Å². The number of carbonyl (C=O) groups is 1. The summed E-state index contributed by atoms with van der Waals surface area (Å²) in [6, 6.07) is 8.09. The number of primary amides is 1. The monoisotopic (exact) mass is 232 g/mol. The number of benzene rings is 1. The molecule has 1 aliphatic heterocycles. The van der Waals surface area contributed by atoms with Crippen molar-refractivity contribution in [1.82, 2.24) is 4.90 Å². The Kier molecular flexibility index (Phi) is 3.20. The van der Waals surface area contributed by atoms with Crippen LogP contribution < -0.4 is 5.73 Å². The van der Waals surface area contributed by atoms with Gasteiger partial charge in [-0.3, -0.25) is 4.79 Å². The minimum atomic E-state index is -0.460. The van der Waals surface area contributed by atoms with Gasteiger partial charge in [-0.15, -0.1) is 0 Å². The quantitative estimate of drug-likeness (QED) is 0.838. The Balaban J connectivity index is 2.42. The summed E-state index contributed by atoms with van der Waals surface area (Å²) in [6.07, 6.45) is 1.65. The van der Waals surface area contributed by atoms with Crippen molar-refractivity contribution in [1.29, 1.82) is 0 Å². The largest absolute Gasteiger partial charge is 0.369 e. The van der Waals surface area contributed by atoms with Crippen LogP contribution in [0.4, 0.5) is 0 Å². The molecule has 2 N–H and O–H groups in total. The molecule has 1 aromatic carbocycles. The van der Waals surface area contributed by atoms with Gasteiger partial charge < -0.3 is 10.6 Å². The summed E-state index contributed by atoms with van der Waals surface area (Å²) in [4.78, 5) is 14.2. The smallest absolute Gasteiger partial charge is 0.228 e. The second-order valence-electron chi connectivity index (χ2n) is 5.06. The number of aryl methyl sites for hydroxylation is 1. The van der Waals surface area contributed by atoms with E-state index in [2.05, 4.69) is 24.9 Å². The lowest BCUT2D eigenvalue weighted by Crippen LogP contribution is -2.49. The fourth-order valence-electron chi connectivity index (χ4n) is 2.76. The molecule has 0 unspecified atom stereocenters. The van der Waals surface area contributed by atoms with E-state index in [1.54, 1.807) is 0 Å². The third-order valence-electron chi connectivity index (χ3n) is 3.97. The van der Waals surface area contributed by atoms with Crippen molar-refractivity contribution in [3.8, 4) is 0 Å². The predicted octanol–water partition coefficient (Wildman–Crippen LogP) is 1.44. The number of likely N-dealkylation sites (tertiary alicyclic amines) is 1. The molecule has 1 saturated heterocycles. The Morgan fingerprint density at radius 1 is 1.29 bits per heavy atom. The van der Waals surface area contributed by atoms with Crippen LogP contribution in [0.1, 0.15) is 24.0 Å². The molecule has 0 aliphatic carbocycles. The maximum absolute atomic E-state index is 11.9. The van der Waals surface area contributed by atoms with Gasteiger partial charge >= 0.3 is 0 Å². The fraction of sp³-hybridized carbons (Fsp3) is 0.500. The summed E-state index contributed by atoms with van der Waals surface area (Å²) < 4.78 is 0. The Hall–Kier alpha value is -1.35. The van der Waals surface area contributed by atoms with E-state index in [1.165, 1.54) is 0 Å². The van der Waals surface area contributed by atoms with Crippen molar-refractivity contribution in [2.45, 2.75) is 25.2 Å². The first kappa shape index (κ1) is 12.1. The zero-order chi connectivity index (χ0) is 12.5. The van der Waals surface area contributed by atoms with Crippen LogP contribution in [0.2, 0.25) is 0 Å². The molecule has 0 spiro atoms. The normalized spacial score (nSPS) is 20.1. The molecule has 0 saturated carbocycles. The highest BCUT2D eigenvalue weighted by Gasteiger charge is 2.41. The zero-order valence-electron chi connectivity index (χ0n) is 10.6. The Bertz CT molecular complexity index is 420. The molecular weight excluding hydrogens is 212 g/mol. The van der Waals surface area contributed by atoms with Gasteiger partial charge in [0.15, 0.2) is 0 Å². The molecule has 2 rings (SSSR count). The summed E-state index contributed by atoms with van der Waals surface area (Å²) in [5.74, 6) is -0.181. The second kappa shape index (κ2) is 4.49. The van der Waals surface area contributed by atoms with Crippen molar-refractivity contribution < 1.29 is 4.79 Å². The van der Waals surface area contributed by atoms with Crippen LogP contribution in [0.5, 0.6) is 0 Å². The average molecular weight is 232 g/mol. The van der Waals surface area contributed by atoms with Gasteiger partial charge in [0.1, 0.15) is 0 Å². The van der Waals surface area contributed by atoms with Gasteiger partial charge in [-0.25, -0.2) is 0 Å². The number of carbonyl (C=O) groups excluding carboxylic acids is 1. The van der Waals surface area contributed by atoms with Crippen LogP contribution in [0.25, 0.3) is 0 Å². The number of nitrogens with zero attached hydrogens (tertiary/aromatic N) is 1. The van der Waals surface area contributed by atoms with E-state index in [-0.39, 0.29) is 5.91 Å². The number of amides is 1. The SMILES string of the molecule is Cc1ccccc1C1(C(N)=O)CCN(C)CC1. The van der Waals surface area contributed by atoms with Gasteiger partial charge in [0.25, 0.3) is 0 Å². The Morgan fingerprint density at radius 3 is 2.41 bits per heavy atom. The molecule has 3 nitrogen and oxygen atoms in total. The van der Waals surface area contributed by atoms with Gasteiger partial charge in [0, 0.05) is 0 Å². The molecule has 1 fully saturated rings. The molecular formula is C14H20N2O. The second-order valence-corrected chi connectivity index (χ2v) is 5.06. The van der Waals surface area contributed by atoms with Crippen LogP contribution >= 0.6 is 0 Å². The van der Waals surface area contributed by atoms with Crippen LogP contribution in [0, 0.1) is 6.92 Å². The van der Waals surface area contributed by atoms with Gasteiger partial charge in [0.05, 0.1) is 5.41 Å². The molecule has 0 radical (unpaired) electrons. The summed E-state index contributed by atoms with van der Waals surface area (Å²) in [6.45, 7) is 3.91. The number of rotatable bonds is 2. The molecule has 92 valence electrons. The minimum absolute atomic E-state index is 0.181. The number of piperidine rings is 1. The summed E-state index contributed by atoms with van der Waals surface area (Å²) >= 11 is 0. The molecule has 1 aliphatic rings. The topological polar surface area (TPSA) is 46.3 Å².